The van der Waals surface area contributed by atoms with E-state index in [1.54, 1.807) is 26.7 Å². The van der Waals surface area contributed by atoms with E-state index in [0.717, 1.165) is 35.7 Å². The van der Waals surface area contributed by atoms with Crippen molar-refractivity contribution in [2.45, 2.75) is 13.1 Å². The smallest absolute Gasteiger partial charge is 0.122 e. The van der Waals surface area contributed by atoms with Gasteiger partial charge in [0.05, 0.1) is 26.7 Å². The normalized spacial score (nSPS) is 10.3. The number of ether oxygens (including phenoxy) is 2. The molecule has 0 saturated carbocycles. The monoisotopic (exact) mass is 247 g/mol. The molecule has 0 radical (unpaired) electrons. The van der Waals surface area contributed by atoms with Gasteiger partial charge in [0.2, 0.25) is 0 Å². The van der Waals surface area contributed by atoms with E-state index in [9.17, 15) is 0 Å². The molecule has 2 rings (SSSR count). The van der Waals surface area contributed by atoms with Crippen LogP contribution in [-0.2, 0) is 13.1 Å². The van der Waals surface area contributed by atoms with Crippen LogP contribution in [0, 0.1) is 0 Å². The van der Waals surface area contributed by atoms with Gasteiger partial charge in [-0.2, -0.15) is 0 Å². The molecule has 2 aromatic rings. The summed E-state index contributed by atoms with van der Waals surface area (Å²) in [4.78, 5) is 0. The number of furan rings is 1. The molecule has 0 aliphatic carbocycles. The Morgan fingerprint density at radius 3 is 2.22 bits per heavy atom. The molecule has 18 heavy (non-hydrogen) atoms. The molecule has 0 atom stereocenters. The molecule has 96 valence electrons. The van der Waals surface area contributed by atoms with E-state index in [1.807, 2.05) is 24.3 Å². The van der Waals surface area contributed by atoms with Crippen LogP contribution in [-0.4, -0.2) is 14.2 Å². The van der Waals surface area contributed by atoms with E-state index in [2.05, 4.69) is 5.32 Å². The van der Waals surface area contributed by atoms with Gasteiger partial charge in [-0.15, -0.1) is 0 Å². The summed E-state index contributed by atoms with van der Waals surface area (Å²) in [6.07, 6.45) is 3.41. The third-order valence-electron chi connectivity index (χ3n) is 2.65. The Labute approximate surface area is 107 Å². The van der Waals surface area contributed by atoms with Crippen molar-refractivity contribution in [3.63, 3.8) is 0 Å². The van der Waals surface area contributed by atoms with Gasteiger partial charge in [-0.05, 0) is 23.8 Å². The molecular formula is C14H17NO3. The Hall–Kier alpha value is -1.94. The van der Waals surface area contributed by atoms with Crippen LogP contribution >= 0.6 is 0 Å². The van der Waals surface area contributed by atoms with Crippen LogP contribution in [0.1, 0.15) is 11.1 Å². The van der Waals surface area contributed by atoms with E-state index in [1.165, 1.54) is 0 Å². The lowest BCUT2D eigenvalue weighted by Gasteiger charge is -2.09. The minimum Gasteiger partial charge on any atom is -0.497 e. The zero-order valence-electron chi connectivity index (χ0n) is 10.6. The molecule has 1 aromatic carbocycles. The van der Waals surface area contributed by atoms with Crippen LogP contribution in [0.15, 0.2) is 41.2 Å². The lowest BCUT2D eigenvalue weighted by molar-refractivity contribution is 0.393. The van der Waals surface area contributed by atoms with Crippen LogP contribution in [0.2, 0.25) is 0 Å². The SMILES string of the molecule is COc1cc(CNCc2ccoc2)cc(OC)c1. The lowest BCUT2D eigenvalue weighted by Crippen LogP contribution is -2.12. The third-order valence-corrected chi connectivity index (χ3v) is 2.65. The highest BCUT2D eigenvalue weighted by Crippen LogP contribution is 2.22. The second-order valence-corrected chi connectivity index (χ2v) is 3.96. The Balaban J connectivity index is 1.95. The molecule has 0 fully saturated rings. The average molecular weight is 247 g/mol. The fourth-order valence-corrected chi connectivity index (χ4v) is 1.71. The maximum Gasteiger partial charge on any atom is 0.122 e. The van der Waals surface area contributed by atoms with Gasteiger partial charge in [-0.25, -0.2) is 0 Å². The van der Waals surface area contributed by atoms with E-state index in [-0.39, 0.29) is 0 Å². The van der Waals surface area contributed by atoms with E-state index in [4.69, 9.17) is 13.9 Å². The summed E-state index contributed by atoms with van der Waals surface area (Å²) < 4.78 is 15.5. The number of benzene rings is 1. The molecular weight excluding hydrogens is 230 g/mol. The van der Waals surface area contributed by atoms with Crippen LogP contribution in [0.4, 0.5) is 0 Å². The highest BCUT2D eigenvalue weighted by molar-refractivity contribution is 5.38. The Morgan fingerprint density at radius 1 is 1.00 bits per heavy atom. The summed E-state index contributed by atoms with van der Waals surface area (Å²) in [5.74, 6) is 1.60. The molecule has 1 N–H and O–H groups in total. The van der Waals surface area contributed by atoms with Crippen LogP contribution in [0.5, 0.6) is 11.5 Å². The van der Waals surface area contributed by atoms with Gasteiger partial charge in [-0.1, -0.05) is 0 Å². The van der Waals surface area contributed by atoms with Gasteiger partial charge in [0.25, 0.3) is 0 Å². The van der Waals surface area contributed by atoms with Crippen LogP contribution in [0.3, 0.4) is 0 Å². The van der Waals surface area contributed by atoms with Crippen molar-refractivity contribution in [3.8, 4) is 11.5 Å². The van der Waals surface area contributed by atoms with Crippen LogP contribution < -0.4 is 14.8 Å². The highest BCUT2D eigenvalue weighted by Gasteiger charge is 2.02. The number of methoxy groups -OCH3 is 2. The van der Waals surface area contributed by atoms with Gasteiger partial charge in [0, 0.05) is 24.7 Å². The topological polar surface area (TPSA) is 43.6 Å². The van der Waals surface area contributed by atoms with Crippen molar-refractivity contribution in [1.29, 1.82) is 0 Å². The summed E-state index contributed by atoms with van der Waals surface area (Å²) in [5.41, 5.74) is 2.25. The molecule has 1 aromatic heterocycles. The van der Waals surface area contributed by atoms with Gasteiger partial charge in [0.1, 0.15) is 11.5 Å². The minimum atomic E-state index is 0.749. The molecule has 0 saturated heterocycles. The Morgan fingerprint density at radius 2 is 1.67 bits per heavy atom. The van der Waals surface area contributed by atoms with Crippen molar-refractivity contribution in [1.82, 2.24) is 5.32 Å². The quantitative estimate of drug-likeness (QED) is 0.852. The zero-order valence-corrected chi connectivity index (χ0v) is 10.6. The first kappa shape index (κ1) is 12.5. The molecule has 4 heteroatoms. The number of rotatable bonds is 6. The van der Waals surface area contributed by atoms with Gasteiger partial charge >= 0.3 is 0 Å². The van der Waals surface area contributed by atoms with E-state index >= 15 is 0 Å². The van der Waals surface area contributed by atoms with E-state index < -0.39 is 0 Å². The molecule has 0 spiro atoms. The predicted molar refractivity (Wildman–Crippen MR) is 68.8 cm³/mol. The molecule has 0 aliphatic heterocycles. The molecule has 0 bridgehead atoms. The fourth-order valence-electron chi connectivity index (χ4n) is 1.71. The third kappa shape index (κ3) is 3.28. The highest BCUT2D eigenvalue weighted by atomic mass is 16.5. The maximum atomic E-state index is 5.23. The predicted octanol–water partition coefficient (Wildman–Crippen LogP) is 2.59. The summed E-state index contributed by atoms with van der Waals surface area (Å²) in [6, 6.07) is 7.79. The van der Waals surface area contributed by atoms with Gasteiger partial charge < -0.3 is 19.2 Å². The zero-order chi connectivity index (χ0) is 12.8. The number of hydrogen-bond donors (Lipinski definition) is 1. The second-order valence-electron chi connectivity index (χ2n) is 3.96. The summed E-state index contributed by atoms with van der Waals surface area (Å²) in [6.45, 7) is 1.52. The van der Waals surface area contributed by atoms with Crippen molar-refractivity contribution in [2.24, 2.45) is 0 Å². The largest absolute Gasteiger partial charge is 0.497 e. The Bertz CT molecular complexity index is 458. The Kier molecular flexibility index (Phi) is 4.25. The summed E-state index contributed by atoms with van der Waals surface area (Å²) in [5, 5.41) is 3.34. The average Bonchev–Trinajstić information content (AvgIpc) is 2.91. The van der Waals surface area contributed by atoms with Crippen LogP contribution in [0.25, 0.3) is 0 Å². The molecule has 0 amide bonds. The summed E-state index contributed by atoms with van der Waals surface area (Å²) in [7, 11) is 3.30. The standard InChI is InChI=1S/C14H17NO3/c1-16-13-5-12(6-14(7-13)17-2)9-15-8-11-3-4-18-10-11/h3-7,10,15H,8-9H2,1-2H3. The summed E-state index contributed by atoms with van der Waals surface area (Å²) >= 11 is 0. The molecule has 1 heterocycles. The fraction of sp³-hybridized carbons (Fsp3) is 0.286. The van der Waals surface area contributed by atoms with Crippen molar-refractivity contribution in [3.05, 3.63) is 47.9 Å². The molecule has 0 aliphatic rings. The lowest BCUT2D eigenvalue weighted by atomic mass is 10.2. The first-order valence-corrected chi connectivity index (χ1v) is 5.75. The van der Waals surface area contributed by atoms with Crippen molar-refractivity contribution >= 4 is 0 Å². The van der Waals surface area contributed by atoms with Gasteiger partial charge in [-0.3, -0.25) is 0 Å². The number of nitrogens with one attached hydrogen (secondary N) is 1. The van der Waals surface area contributed by atoms with E-state index in [0.29, 0.717) is 0 Å². The first-order valence-electron chi connectivity index (χ1n) is 5.75. The molecule has 0 unspecified atom stereocenters. The second kappa shape index (κ2) is 6.12. The van der Waals surface area contributed by atoms with Crippen molar-refractivity contribution < 1.29 is 13.9 Å². The minimum absolute atomic E-state index is 0.749. The molecule has 4 nitrogen and oxygen atoms in total. The van der Waals surface area contributed by atoms with Crippen molar-refractivity contribution in [2.75, 3.05) is 14.2 Å². The van der Waals surface area contributed by atoms with Gasteiger partial charge in [0.15, 0.2) is 0 Å². The number of hydrogen-bond acceptors (Lipinski definition) is 4. The maximum absolute atomic E-state index is 5.23. The first-order chi connectivity index (χ1) is 8.81.